The quantitative estimate of drug-likeness (QED) is 0.743. The fourth-order valence-electron chi connectivity index (χ4n) is 2.85. The van der Waals surface area contributed by atoms with Crippen molar-refractivity contribution in [1.82, 2.24) is 0 Å². The maximum absolute atomic E-state index is 12.3. The van der Waals surface area contributed by atoms with Crippen LogP contribution in [0.1, 0.15) is 23.8 Å². The minimum atomic E-state index is -0.893. The van der Waals surface area contributed by atoms with Gasteiger partial charge < -0.3 is 28.5 Å². The first-order valence-electron chi connectivity index (χ1n) is 7.85. The van der Waals surface area contributed by atoms with E-state index < -0.39 is 23.6 Å². The minimum absolute atomic E-state index is 0.0143. The number of aromatic hydroxyl groups is 1. The number of rotatable bonds is 7. The molecular formula is C18H22O8. The number of hydrogen-bond donors (Lipinski definition) is 1. The zero-order chi connectivity index (χ0) is 19.4. The molecule has 0 aliphatic rings. The first-order valence-corrected chi connectivity index (χ1v) is 7.85. The molecule has 0 bridgehead atoms. The Morgan fingerprint density at radius 2 is 1.88 bits per heavy atom. The number of fused-ring (bicyclic) bond motifs is 1. The molecule has 2 rings (SSSR count). The zero-order valence-corrected chi connectivity index (χ0v) is 15.3. The van der Waals surface area contributed by atoms with Gasteiger partial charge in [-0.1, -0.05) is 0 Å². The summed E-state index contributed by atoms with van der Waals surface area (Å²) < 4.78 is 26.5. The third-order valence-corrected chi connectivity index (χ3v) is 4.11. The van der Waals surface area contributed by atoms with Crippen molar-refractivity contribution in [3.63, 3.8) is 0 Å². The number of benzene rings is 1. The van der Waals surface area contributed by atoms with Crippen LogP contribution < -0.4 is 10.2 Å². The van der Waals surface area contributed by atoms with E-state index in [2.05, 4.69) is 0 Å². The Bertz CT molecular complexity index is 854. The van der Waals surface area contributed by atoms with Gasteiger partial charge in [-0.25, -0.2) is 4.79 Å². The largest absolute Gasteiger partial charge is 0.507 e. The van der Waals surface area contributed by atoms with Gasteiger partial charge in [-0.15, -0.1) is 0 Å². The number of esters is 1. The van der Waals surface area contributed by atoms with Crippen molar-refractivity contribution in [1.29, 1.82) is 0 Å². The number of ether oxygens (including phenoxy) is 4. The lowest BCUT2D eigenvalue weighted by atomic mass is 9.98. The molecule has 1 aromatic heterocycles. The van der Waals surface area contributed by atoms with Gasteiger partial charge in [0.25, 0.3) is 0 Å². The first-order chi connectivity index (χ1) is 12.4. The monoisotopic (exact) mass is 366 g/mol. The van der Waals surface area contributed by atoms with Gasteiger partial charge >= 0.3 is 5.97 Å². The summed E-state index contributed by atoms with van der Waals surface area (Å²) in [4.78, 5) is 24.2. The number of carbonyl (C=O) groups excluding carboxylic acids is 1. The lowest BCUT2D eigenvalue weighted by molar-refractivity contribution is -0.154. The second-order valence-electron chi connectivity index (χ2n) is 5.64. The van der Waals surface area contributed by atoms with Crippen molar-refractivity contribution in [3.8, 4) is 11.5 Å². The van der Waals surface area contributed by atoms with Crippen molar-refractivity contribution >= 4 is 16.9 Å². The highest BCUT2D eigenvalue weighted by Crippen LogP contribution is 2.40. The average Bonchev–Trinajstić information content (AvgIpc) is 2.62. The van der Waals surface area contributed by atoms with Gasteiger partial charge in [-0.2, -0.15) is 0 Å². The summed E-state index contributed by atoms with van der Waals surface area (Å²) in [5.74, 6) is -0.201. The van der Waals surface area contributed by atoms with Gasteiger partial charge in [0.05, 0.1) is 25.9 Å². The summed E-state index contributed by atoms with van der Waals surface area (Å²) in [5, 5.41) is 10.2. The van der Waals surface area contributed by atoms with Crippen molar-refractivity contribution in [3.05, 3.63) is 33.7 Å². The number of phenolic OH excluding ortho intramolecular Hbond substituents is 1. The molecule has 0 spiro atoms. The summed E-state index contributed by atoms with van der Waals surface area (Å²) in [6.45, 7) is 1.62. The highest BCUT2D eigenvalue weighted by atomic mass is 16.6. The van der Waals surface area contributed by atoms with Crippen LogP contribution in [0.3, 0.4) is 0 Å². The molecule has 0 unspecified atom stereocenters. The van der Waals surface area contributed by atoms with E-state index in [1.165, 1.54) is 40.6 Å². The number of aryl methyl sites for hydroxylation is 1. The molecule has 1 N–H and O–H groups in total. The maximum Gasteiger partial charge on any atom is 0.335 e. The zero-order valence-electron chi connectivity index (χ0n) is 15.3. The normalized spacial score (nSPS) is 13.4. The molecule has 0 aliphatic heterocycles. The molecule has 0 saturated carbocycles. The Morgan fingerprint density at radius 3 is 2.42 bits per heavy atom. The van der Waals surface area contributed by atoms with E-state index in [1.807, 2.05) is 0 Å². The minimum Gasteiger partial charge on any atom is -0.507 e. The molecule has 0 amide bonds. The van der Waals surface area contributed by atoms with Gasteiger partial charge in [0.1, 0.15) is 22.6 Å². The summed E-state index contributed by atoms with van der Waals surface area (Å²) in [7, 11) is 5.50. The third-order valence-electron chi connectivity index (χ3n) is 4.11. The third kappa shape index (κ3) is 3.66. The molecule has 0 aliphatic carbocycles. The van der Waals surface area contributed by atoms with E-state index in [9.17, 15) is 14.7 Å². The SMILES string of the molecule is COC(=O)[C@@H](C[C@@H](OC)c1c(OC)cc(O)c2c(=O)cc(C)oc12)OC. The van der Waals surface area contributed by atoms with Gasteiger partial charge in [-0.3, -0.25) is 4.79 Å². The molecule has 0 saturated heterocycles. The van der Waals surface area contributed by atoms with E-state index in [0.29, 0.717) is 11.3 Å². The van der Waals surface area contributed by atoms with Gasteiger partial charge in [-0.05, 0) is 6.92 Å². The molecule has 0 fully saturated rings. The predicted molar refractivity (Wildman–Crippen MR) is 92.6 cm³/mol. The van der Waals surface area contributed by atoms with E-state index in [0.717, 1.165) is 0 Å². The Balaban J connectivity index is 2.70. The fraction of sp³-hybridized carbons (Fsp3) is 0.444. The van der Waals surface area contributed by atoms with Crippen molar-refractivity contribution < 1.29 is 33.3 Å². The lowest BCUT2D eigenvalue weighted by Gasteiger charge is -2.23. The number of methoxy groups -OCH3 is 4. The molecule has 1 heterocycles. The van der Waals surface area contributed by atoms with Crippen molar-refractivity contribution in [2.75, 3.05) is 28.4 Å². The predicted octanol–water partition coefficient (Wildman–Crippen LogP) is 2.08. The van der Waals surface area contributed by atoms with Gasteiger partial charge in [0.15, 0.2) is 17.1 Å². The number of hydrogen-bond acceptors (Lipinski definition) is 8. The molecule has 8 nitrogen and oxygen atoms in total. The Hall–Kier alpha value is -2.58. The van der Waals surface area contributed by atoms with E-state index in [-0.39, 0.29) is 28.9 Å². The number of carbonyl (C=O) groups is 1. The molecule has 0 radical (unpaired) electrons. The smallest absolute Gasteiger partial charge is 0.335 e. The Kier molecular flexibility index (Phi) is 6.23. The van der Waals surface area contributed by atoms with Gasteiger partial charge in [0, 0.05) is 32.8 Å². The highest BCUT2D eigenvalue weighted by molar-refractivity contribution is 5.88. The Morgan fingerprint density at radius 1 is 1.19 bits per heavy atom. The summed E-state index contributed by atoms with van der Waals surface area (Å²) in [6.07, 6.45) is -1.52. The molecule has 1 aromatic carbocycles. The van der Waals surface area contributed by atoms with E-state index in [4.69, 9.17) is 23.4 Å². The van der Waals surface area contributed by atoms with Crippen LogP contribution in [-0.2, 0) is 19.0 Å². The van der Waals surface area contributed by atoms with Crippen LogP contribution in [0, 0.1) is 6.92 Å². The second kappa shape index (κ2) is 8.20. The van der Waals surface area contributed by atoms with Crippen LogP contribution >= 0.6 is 0 Å². The van der Waals surface area contributed by atoms with Crippen molar-refractivity contribution in [2.24, 2.45) is 0 Å². The molecule has 2 atom stereocenters. The first kappa shape index (κ1) is 19.7. The topological polar surface area (TPSA) is 104 Å². The maximum atomic E-state index is 12.3. The van der Waals surface area contributed by atoms with Crippen LogP contribution in [0.15, 0.2) is 21.3 Å². The summed E-state index contributed by atoms with van der Waals surface area (Å²) in [6, 6.07) is 2.60. The average molecular weight is 366 g/mol. The molecule has 8 heteroatoms. The van der Waals surface area contributed by atoms with E-state index >= 15 is 0 Å². The molecule has 2 aromatic rings. The second-order valence-corrected chi connectivity index (χ2v) is 5.64. The molecule has 26 heavy (non-hydrogen) atoms. The molecule has 142 valence electrons. The Labute approximate surface area is 150 Å². The van der Waals surface area contributed by atoms with Crippen molar-refractivity contribution in [2.45, 2.75) is 25.6 Å². The van der Waals surface area contributed by atoms with Crippen LogP contribution in [0.4, 0.5) is 0 Å². The van der Waals surface area contributed by atoms with Crippen LogP contribution in [0.5, 0.6) is 11.5 Å². The lowest BCUT2D eigenvalue weighted by Crippen LogP contribution is -2.27. The summed E-state index contributed by atoms with van der Waals surface area (Å²) in [5.41, 5.74) is 0.143. The molecular weight excluding hydrogens is 344 g/mol. The number of phenols is 1. The summed E-state index contributed by atoms with van der Waals surface area (Å²) >= 11 is 0. The van der Waals surface area contributed by atoms with E-state index in [1.54, 1.807) is 6.92 Å². The van der Waals surface area contributed by atoms with Crippen LogP contribution in [-0.4, -0.2) is 45.6 Å². The standard InChI is InChI=1S/C18H22O8/c1-9-6-10(19)15-11(20)7-12(22-2)16(17(15)26-9)13(23-3)8-14(24-4)18(21)25-5/h6-7,13-14,20H,8H2,1-5H3/t13-,14-/m1/s1. The fourth-order valence-corrected chi connectivity index (χ4v) is 2.85. The van der Waals surface area contributed by atoms with Crippen LogP contribution in [0.2, 0.25) is 0 Å². The van der Waals surface area contributed by atoms with Gasteiger partial charge in [0.2, 0.25) is 0 Å². The highest BCUT2D eigenvalue weighted by Gasteiger charge is 2.30. The van der Waals surface area contributed by atoms with Crippen LogP contribution in [0.25, 0.3) is 11.0 Å².